The molecule has 0 radical (unpaired) electrons. The van der Waals surface area contributed by atoms with Gasteiger partial charge < -0.3 is 15.7 Å². The maximum atomic E-state index is 11.7. The molecule has 0 aromatic heterocycles. The van der Waals surface area contributed by atoms with Crippen LogP contribution in [0.25, 0.3) is 0 Å². The van der Waals surface area contributed by atoms with E-state index >= 15 is 0 Å². The van der Waals surface area contributed by atoms with E-state index in [-0.39, 0.29) is 17.9 Å². The summed E-state index contributed by atoms with van der Waals surface area (Å²) in [5, 5.41) is 14.5. The fraction of sp³-hybridized carbons (Fsp3) is 0.867. The molecule has 0 heterocycles. The van der Waals surface area contributed by atoms with Gasteiger partial charge in [0.15, 0.2) is 0 Å². The second kappa shape index (κ2) is 7.50. The first-order chi connectivity index (χ1) is 9.34. The van der Waals surface area contributed by atoms with Gasteiger partial charge in [-0.2, -0.15) is 0 Å². The standard InChI is InChI=1S/C15H28N2O3/c1-4-5-11-10-12(11)17-14(20)16-9-8-15(2,3)7-6-13(18)19/h11-12H,4-10H2,1-3H3,(H,18,19)(H2,16,17,20). The molecule has 0 aliphatic heterocycles. The van der Waals surface area contributed by atoms with Crippen molar-refractivity contribution in [2.24, 2.45) is 11.3 Å². The minimum atomic E-state index is -0.764. The molecule has 2 unspecified atom stereocenters. The molecule has 1 aliphatic rings. The Labute approximate surface area is 121 Å². The average molecular weight is 284 g/mol. The minimum Gasteiger partial charge on any atom is -0.481 e. The molecule has 2 atom stereocenters. The van der Waals surface area contributed by atoms with Crippen LogP contribution in [-0.2, 0) is 4.79 Å². The second-order valence-electron chi connectivity index (χ2n) is 6.60. The molecule has 116 valence electrons. The van der Waals surface area contributed by atoms with Crippen LogP contribution in [0.1, 0.15) is 59.3 Å². The number of urea groups is 1. The molecular weight excluding hydrogens is 256 g/mol. The lowest BCUT2D eigenvalue weighted by Gasteiger charge is -2.23. The third kappa shape index (κ3) is 6.78. The molecule has 3 N–H and O–H groups in total. The van der Waals surface area contributed by atoms with E-state index in [1.807, 2.05) is 13.8 Å². The normalized spacial score (nSPS) is 21.4. The molecule has 1 fully saturated rings. The van der Waals surface area contributed by atoms with E-state index in [9.17, 15) is 9.59 Å². The number of carbonyl (C=O) groups is 2. The minimum absolute atomic E-state index is 0.0595. The van der Waals surface area contributed by atoms with Gasteiger partial charge in [0.1, 0.15) is 0 Å². The third-order valence-electron chi connectivity index (χ3n) is 4.00. The molecule has 0 saturated heterocycles. The van der Waals surface area contributed by atoms with Crippen molar-refractivity contribution in [2.75, 3.05) is 6.54 Å². The summed E-state index contributed by atoms with van der Waals surface area (Å²) in [4.78, 5) is 22.2. The lowest BCUT2D eigenvalue weighted by atomic mass is 9.84. The molecule has 1 saturated carbocycles. The van der Waals surface area contributed by atoms with Crippen molar-refractivity contribution in [2.45, 2.75) is 65.3 Å². The number of rotatable bonds is 9. The number of carbonyl (C=O) groups excluding carboxylic acids is 1. The molecule has 1 aliphatic carbocycles. The Morgan fingerprint density at radius 1 is 1.30 bits per heavy atom. The van der Waals surface area contributed by atoms with Gasteiger partial charge in [0, 0.05) is 19.0 Å². The molecule has 0 spiro atoms. The van der Waals surface area contributed by atoms with Crippen molar-refractivity contribution >= 4 is 12.0 Å². The molecule has 20 heavy (non-hydrogen) atoms. The summed E-state index contributed by atoms with van der Waals surface area (Å²) in [7, 11) is 0. The number of amides is 2. The van der Waals surface area contributed by atoms with Gasteiger partial charge in [0.25, 0.3) is 0 Å². The van der Waals surface area contributed by atoms with E-state index in [2.05, 4.69) is 17.6 Å². The van der Waals surface area contributed by atoms with E-state index in [4.69, 9.17) is 5.11 Å². The topological polar surface area (TPSA) is 78.4 Å². The molecule has 0 aromatic carbocycles. The van der Waals surface area contributed by atoms with Crippen LogP contribution < -0.4 is 10.6 Å². The molecule has 1 rings (SSSR count). The number of hydrogen-bond acceptors (Lipinski definition) is 2. The summed E-state index contributed by atoms with van der Waals surface area (Å²) in [6, 6.07) is 0.262. The molecule has 0 bridgehead atoms. The third-order valence-corrected chi connectivity index (χ3v) is 4.00. The lowest BCUT2D eigenvalue weighted by Crippen LogP contribution is -2.39. The van der Waals surface area contributed by atoms with Crippen molar-refractivity contribution < 1.29 is 14.7 Å². The van der Waals surface area contributed by atoms with Gasteiger partial charge in [-0.25, -0.2) is 4.79 Å². The van der Waals surface area contributed by atoms with Crippen LogP contribution in [0, 0.1) is 11.3 Å². The maximum absolute atomic E-state index is 11.7. The summed E-state index contributed by atoms with van der Waals surface area (Å²) < 4.78 is 0. The number of carboxylic acid groups (broad SMARTS) is 1. The number of aliphatic carboxylic acids is 1. The Morgan fingerprint density at radius 3 is 2.60 bits per heavy atom. The highest BCUT2D eigenvalue weighted by Crippen LogP contribution is 2.34. The lowest BCUT2D eigenvalue weighted by molar-refractivity contribution is -0.137. The van der Waals surface area contributed by atoms with Crippen molar-refractivity contribution in [3.63, 3.8) is 0 Å². The Balaban J connectivity index is 2.11. The second-order valence-corrected chi connectivity index (χ2v) is 6.60. The zero-order chi connectivity index (χ0) is 15.2. The van der Waals surface area contributed by atoms with Gasteiger partial charge >= 0.3 is 12.0 Å². The highest BCUT2D eigenvalue weighted by molar-refractivity contribution is 5.74. The van der Waals surface area contributed by atoms with Crippen LogP contribution in [0.2, 0.25) is 0 Å². The summed E-state index contributed by atoms with van der Waals surface area (Å²) in [5.74, 6) is -0.0998. The molecule has 5 nitrogen and oxygen atoms in total. The number of hydrogen-bond donors (Lipinski definition) is 3. The first-order valence-corrected chi connectivity index (χ1v) is 7.60. The van der Waals surface area contributed by atoms with Crippen LogP contribution in [0.15, 0.2) is 0 Å². The summed E-state index contributed by atoms with van der Waals surface area (Å²) in [5.41, 5.74) is -0.0595. The molecule has 5 heteroatoms. The van der Waals surface area contributed by atoms with Gasteiger partial charge in [-0.1, -0.05) is 27.2 Å². The number of nitrogens with one attached hydrogen (secondary N) is 2. The van der Waals surface area contributed by atoms with E-state index < -0.39 is 5.97 Å². The Kier molecular flexibility index (Phi) is 6.30. The van der Waals surface area contributed by atoms with Gasteiger partial charge in [-0.05, 0) is 37.0 Å². The largest absolute Gasteiger partial charge is 0.481 e. The summed E-state index contributed by atoms with van der Waals surface area (Å²) >= 11 is 0. The predicted octanol–water partition coefficient (Wildman–Crippen LogP) is 2.76. The van der Waals surface area contributed by atoms with E-state index in [1.54, 1.807) is 0 Å². The monoisotopic (exact) mass is 284 g/mol. The van der Waals surface area contributed by atoms with Crippen molar-refractivity contribution in [3.05, 3.63) is 0 Å². The van der Waals surface area contributed by atoms with Gasteiger partial charge in [0.05, 0.1) is 0 Å². The SMILES string of the molecule is CCCC1CC1NC(=O)NCCC(C)(C)CCC(=O)O. The fourth-order valence-electron chi connectivity index (χ4n) is 2.42. The van der Waals surface area contributed by atoms with E-state index in [0.717, 1.165) is 12.8 Å². The van der Waals surface area contributed by atoms with Crippen LogP contribution in [0.5, 0.6) is 0 Å². The van der Waals surface area contributed by atoms with Crippen molar-refractivity contribution in [3.8, 4) is 0 Å². The zero-order valence-corrected chi connectivity index (χ0v) is 12.9. The molecule has 0 aromatic rings. The van der Waals surface area contributed by atoms with Gasteiger partial charge in [0.2, 0.25) is 0 Å². The zero-order valence-electron chi connectivity index (χ0n) is 12.9. The highest BCUT2D eigenvalue weighted by atomic mass is 16.4. The molecule has 2 amide bonds. The maximum Gasteiger partial charge on any atom is 0.315 e. The molecular formula is C15H28N2O3. The fourth-order valence-corrected chi connectivity index (χ4v) is 2.42. The van der Waals surface area contributed by atoms with Gasteiger partial charge in [-0.3, -0.25) is 4.79 Å². The van der Waals surface area contributed by atoms with Gasteiger partial charge in [-0.15, -0.1) is 0 Å². The smallest absolute Gasteiger partial charge is 0.315 e. The van der Waals surface area contributed by atoms with E-state index in [1.165, 1.54) is 12.8 Å². The Hall–Kier alpha value is -1.26. The van der Waals surface area contributed by atoms with Crippen LogP contribution in [0.3, 0.4) is 0 Å². The first-order valence-electron chi connectivity index (χ1n) is 7.60. The Bertz CT molecular complexity index is 342. The predicted molar refractivity (Wildman–Crippen MR) is 78.6 cm³/mol. The quantitative estimate of drug-likeness (QED) is 0.609. The average Bonchev–Trinajstić information content (AvgIpc) is 3.05. The number of carboxylic acids is 1. The van der Waals surface area contributed by atoms with Crippen molar-refractivity contribution in [1.82, 2.24) is 10.6 Å². The highest BCUT2D eigenvalue weighted by Gasteiger charge is 2.37. The first kappa shape index (κ1) is 16.8. The van der Waals surface area contributed by atoms with Crippen LogP contribution >= 0.6 is 0 Å². The summed E-state index contributed by atoms with van der Waals surface area (Å²) in [6.07, 6.45) is 5.06. The van der Waals surface area contributed by atoms with Crippen LogP contribution in [-0.4, -0.2) is 29.7 Å². The van der Waals surface area contributed by atoms with Crippen LogP contribution in [0.4, 0.5) is 4.79 Å². The van der Waals surface area contributed by atoms with E-state index in [0.29, 0.717) is 24.9 Å². The van der Waals surface area contributed by atoms with Crippen molar-refractivity contribution in [1.29, 1.82) is 0 Å². The Morgan fingerprint density at radius 2 is 2.00 bits per heavy atom. The summed E-state index contributed by atoms with van der Waals surface area (Å²) in [6.45, 7) is 6.82.